The predicted octanol–water partition coefficient (Wildman–Crippen LogP) is 5.65. The van der Waals surface area contributed by atoms with E-state index in [-0.39, 0.29) is 13.8 Å². The molecule has 0 aromatic heterocycles. The molecule has 0 aliphatic rings. The quantitative estimate of drug-likeness (QED) is 0.385. The summed E-state index contributed by atoms with van der Waals surface area (Å²) in [5, 5.41) is 2.84. The first-order valence-electron chi connectivity index (χ1n) is 8.60. The first-order valence-corrected chi connectivity index (χ1v) is 10.1. The Morgan fingerprint density at radius 1 is 0.720 bits per heavy atom. The van der Waals surface area contributed by atoms with Gasteiger partial charge < -0.3 is 0 Å². The van der Waals surface area contributed by atoms with Crippen molar-refractivity contribution >= 4 is 18.5 Å². The number of hydrogen-bond donors (Lipinski definition) is 0. The average molecular weight is 342 g/mol. The van der Waals surface area contributed by atoms with Gasteiger partial charge in [-0.1, -0.05) is 109 Å². The Kier molecular flexibility index (Phi) is 6.37. The number of allylic oxidation sites excluding steroid dienone is 3. The smallest absolute Gasteiger partial charge is 0.0196 e. The van der Waals surface area contributed by atoms with Gasteiger partial charge in [0.25, 0.3) is 0 Å². The van der Waals surface area contributed by atoms with Crippen LogP contribution in [-0.2, 0) is 0 Å². The molecule has 0 aliphatic heterocycles. The predicted molar refractivity (Wildman–Crippen MR) is 112 cm³/mol. The molecule has 0 heterocycles. The Hall–Kier alpha value is -2.43. The molecule has 0 aliphatic carbocycles. The Morgan fingerprint density at radius 3 is 1.68 bits per heavy atom. The van der Waals surface area contributed by atoms with Gasteiger partial charge in [-0.25, -0.2) is 0 Å². The molecule has 0 spiro atoms. The molecule has 3 aromatic rings. The monoisotopic (exact) mass is 342 g/mol. The van der Waals surface area contributed by atoms with Gasteiger partial charge in [0.2, 0.25) is 0 Å². The van der Waals surface area contributed by atoms with E-state index in [1.165, 1.54) is 16.2 Å². The number of rotatable bonds is 7. The Bertz CT molecular complexity index is 752. The fraction of sp³-hybridized carbons (Fsp3) is 0.0833. The highest BCUT2D eigenvalue weighted by Gasteiger charge is 2.11. The van der Waals surface area contributed by atoms with E-state index in [9.17, 15) is 0 Å². The molecule has 0 radical (unpaired) electrons. The van der Waals surface area contributed by atoms with Gasteiger partial charge in [-0.2, -0.15) is 0 Å². The van der Waals surface area contributed by atoms with Crippen molar-refractivity contribution in [1.82, 2.24) is 0 Å². The molecular formula is C24H23P. The third-order valence-corrected chi connectivity index (χ3v) is 6.62. The van der Waals surface area contributed by atoms with Gasteiger partial charge in [-0.15, -0.1) is 6.58 Å². The van der Waals surface area contributed by atoms with Crippen LogP contribution in [0, 0.1) is 0 Å². The van der Waals surface area contributed by atoms with E-state index in [0.717, 1.165) is 6.16 Å². The molecule has 124 valence electrons. The molecule has 0 N–H and O–H groups in total. The normalized spacial score (nSPS) is 12.4. The third-order valence-electron chi connectivity index (χ3n) is 4.21. The minimum absolute atomic E-state index is 0.268. The van der Waals surface area contributed by atoms with Crippen molar-refractivity contribution in [2.75, 3.05) is 6.16 Å². The van der Waals surface area contributed by atoms with Gasteiger partial charge in [0.15, 0.2) is 0 Å². The zero-order valence-electron chi connectivity index (χ0n) is 14.3. The molecule has 3 rings (SSSR count). The van der Waals surface area contributed by atoms with Crippen LogP contribution in [0.5, 0.6) is 0 Å². The molecule has 0 bridgehead atoms. The van der Waals surface area contributed by atoms with E-state index in [0.29, 0.717) is 0 Å². The lowest BCUT2D eigenvalue weighted by molar-refractivity contribution is 1.08. The van der Waals surface area contributed by atoms with Gasteiger partial charge in [-0.3, -0.25) is 0 Å². The number of hydrogen-bond acceptors (Lipinski definition) is 0. The van der Waals surface area contributed by atoms with Crippen molar-refractivity contribution in [3.8, 4) is 0 Å². The van der Waals surface area contributed by atoms with Crippen LogP contribution in [0.1, 0.15) is 11.5 Å². The van der Waals surface area contributed by atoms with Gasteiger partial charge in [0.05, 0.1) is 0 Å². The molecule has 0 saturated carbocycles. The van der Waals surface area contributed by atoms with Gasteiger partial charge in [-0.05, 0) is 30.3 Å². The Balaban J connectivity index is 1.80. The summed E-state index contributed by atoms with van der Waals surface area (Å²) in [6.07, 6.45) is 7.66. The second kappa shape index (κ2) is 9.16. The van der Waals surface area contributed by atoms with Crippen LogP contribution in [0.4, 0.5) is 0 Å². The summed E-state index contributed by atoms with van der Waals surface area (Å²) >= 11 is 0. The van der Waals surface area contributed by atoms with Crippen LogP contribution in [0.2, 0.25) is 0 Å². The lowest BCUT2D eigenvalue weighted by Gasteiger charge is -2.17. The molecule has 0 nitrogen and oxygen atoms in total. The van der Waals surface area contributed by atoms with Crippen molar-refractivity contribution < 1.29 is 0 Å². The summed E-state index contributed by atoms with van der Waals surface area (Å²) in [6, 6.07) is 32.2. The highest BCUT2D eigenvalue weighted by atomic mass is 31.1. The molecular weight excluding hydrogens is 319 g/mol. The Morgan fingerprint density at radius 2 is 1.20 bits per heavy atom. The van der Waals surface area contributed by atoms with E-state index >= 15 is 0 Å². The SMILES string of the molecule is C=CC(/C=C\CP(c1ccccc1)c1ccccc1)c1ccccc1. The largest absolute Gasteiger partial charge is 0.102 e. The van der Waals surface area contributed by atoms with E-state index < -0.39 is 0 Å². The number of benzene rings is 3. The Labute approximate surface area is 152 Å². The maximum Gasteiger partial charge on any atom is 0.0196 e. The molecule has 0 fully saturated rings. The van der Waals surface area contributed by atoms with E-state index in [4.69, 9.17) is 0 Å². The second-order valence-electron chi connectivity index (χ2n) is 5.88. The molecule has 25 heavy (non-hydrogen) atoms. The fourth-order valence-electron chi connectivity index (χ4n) is 2.89. The van der Waals surface area contributed by atoms with E-state index in [2.05, 4.69) is 110 Å². The van der Waals surface area contributed by atoms with Crippen molar-refractivity contribution in [3.63, 3.8) is 0 Å². The zero-order valence-corrected chi connectivity index (χ0v) is 15.2. The van der Waals surface area contributed by atoms with Crippen molar-refractivity contribution in [1.29, 1.82) is 0 Å². The van der Waals surface area contributed by atoms with E-state index in [1.807, 2.05) is 6.08 Å². The van der Waals surface area contributed by atoms with Crippen LogP contribution >= 0.6 is 7.92 Å². The molecule has 0 saturated heterocycles. The van der Waals surface area contributed by atoms with Crippen LogP contribution in [0.25, 0.3) is 0 Å². The minimum atomic E-state index is -0.377. The molecule has 1 atom stereocenters. The summed E-state index contributed by atoms with van der Waals surface area (Å²) in [5.74, 6) is 0.268. The highest BCUT2D eigenvalue weighted by molar-refractivity contribution is 7.73. The molecule has 1 heteroatoms. The topological polar surface area (TPSA) is 0 Å². The lowest BCUT2D eigenvalue weighted by atomic mass is 9.99. The molecule has 0 amide bonds. The lowest BCUT2D eigenvalue weighted by Crippen LogP contribution is -2.13. The summed E-state index contributed by atoms with van der Waals surface area (Å²) in [5.41, 5.74) is 1.29. The van der Waals surface area contributed by atoms with E-state index in [1.54, 1.807) is 0 Å². The van der Waals surface area contributed by atoms with Crippen molar-refractivity contribution in [3.05, 3.63) is 121 Å². The van der Waals surface area contributed by atoms with Crippen LogP contribution in [-0.4, -0.2) is 6.16 Å². The summed E-state index contributed by atoms with van der Waals surface area (Å²) < 4.78 is 0. The van der Waals surface area contributed by atoms with Gasteiger partial charge >= 0.3 is 0 Å². The highest BCUT2D eigenvalue weighted by Crippen LogP contribution is 2.33. The van der Waals surface area contributed by atoms with Gasteiger partial charge in [0.1, 0.15) is 0 Å². The first kappa shape index (κ1) is 17.4. The van der Waals surface area contributed by atoms with Gasteiger partial charge in [0, 0.05) is 5.92 Å². The molecule has 3 aromatic carbocycles. The molecule has 1 unspecified atom stereocenters. The zero-order chi connectivity index (χ0) is 17.3. The summed E-state index contributed by atoms with van der Waals surface area (Å²) in [7, 11) is -0.377. The second-order valence-corrected chi connectivity index (χ2v) is 8.14. The first-order chi connectivity index (χ1) is 12.4. The van der Waals surface area contributed by atoms with Crippen LogP contribution in [0.15, 0.2) is 116 Å². The third kappa shape index (κ3) is 4.78. The fourth-order valence-corrected chi connectivity index (χ4v) is 5.01. The van der Waals surface area contributed by atoms with Crippen molar-refractivity contribution in [2.45, 2.75) is 5.92 Å². The van der Waals surface area contributed by atoms with Crippen LogP contribution in [0.3, 0.4) is 0 Å². The maximum atomic E-state index is 4.01. The summed E-state index contributed by atoms with van der Waals surface area (Å²) in [6.45, 7) is 4.01. The standard InChI is InChI=1S/C24H23P/c1-2-21(22-13-6-3-7-14-22)15-12-20-25(23-16-8-4-9-17-23)24-18-10-5-11-19-24/h2-19,21H,1,20H2/b15-12-. The summed E-state index contributed by atoms with van der Waals surface area (Å²) in [4.78, 5) is 0. The minimum Gasteiger partial charge on any atom is -0.102 e. The maximum absolute atomic E-state index is 4.01. The van der Waals surface area contributed by atoms with Crippen molar-refractivity contribution in [2.24, 2.45) is 0 Å². The average Bonchev–Trinajstić information content (AvgIpc) is 2.70. The van der Waals surface area contributed by atoms with Crippen LogP contribution < -0.4 is 10.6 Å².